The van der Waals surface area contributed by atoms with Gasteiger partial charge in [-0.15, -0.1) is 0 Å². The number of nitrogens with zero attached hydrogens (tertiary/aromatic N) is 2. The van der Waals surface area contributed by atoms with E-state index in [2.05, 4.69) is 43.1 Å². The molecule has 2 heteroatoms. The normalized spacial score (nSPS) is 21.6. The molecule has 76 valence electrons. The van der Waals surface area contributed by atoms with Gasteiger partial charge in [0.05, 0.1) is 0 Å². The monoisotopic (exact) mass is 182 g/mol. The zero-order valence-corrected chi connectivity index (χ0v) is 9.16. The molecule has 0 saturated heterocycles. The third kappa shape index (κ3) is 2.64. The van der Waals surface area contributed by atoms with E-state index in [-0.39, 0.29) is 0 Å². The van der Waals surface area contributed by atoms with Gasteiger partial charge in [-0.05, 0) is 12.8 Å². The lowest BCUT2D eigenvalue weighted by molar-refractivity contribution is 0.163. The fourth-order valence-corrected chi connectivity index (χ4v) is 1.82. The molecule has 0 aromatic rings. The maximum Gasteiger partial charge on any atom is 0.100 e. The van der Waals surface area contributed by atoms with E-state index >= 15 is 0 Å². The lowest BCUT2D eigenvalue weighted by atomic mass is 10.2. The molecular weight excluding hydrogens is 160 g/mol. The summed E-state index contributed by atoms with van der Waals surface area (Å²) >= 11 is 0. The summed E-state index contributed by atoms with van der Waals surface area (Å²) in [6, 6.07) is 0. The molecule has 0 radical (unpaired) electrons. The van der Waals surface area contributed by atoms with Gasteiger partial charge in [-0.25, -0.2) is 0 Å². The van der Waals surface area contributed by atoms with Crippen LogP contribution in [0.25, 0.3) is 0 Å². The van der Waals surface area contributed by atoms with Crippen LogP contribution >= 0.6 is 0 Å². The van der Waals surface area contributed by atoms with Crippen LogP contribution < -0.4 is 0 Å². The zero-order valence-electron chi connectivity index (χ0n) is 9.16. The minimum atomic E-state index is 0.622. The first-order valence-corrected chi connectivity index (χ1v) is 5.45. The number of hydrogen-bond acceptors (Lipinski definition) is 2. The van der Waals surface area contributed by atoms with Gasteiger partial charge >= 0.3 is 0 Å². The first-order chi connectivity index (χ1) is 6.29. The van der Waals surface area contributed by atoms with Crippen LogP contribution in [0.4, 0.5) is 0 Å². The number of hydrogen-bond donors (Lipinski definition) is 0. The van der Waals surface area contributed by atoms with Crippen molar-refractivity contribution in [2.45, 2.75) is 45.7 Å². The van der Waals surface area contributed by atoms with Crippen molar-refractivity contribution in [3.63, 3.8) is 0 Å². The molecule has 1 rings (SSSR count). The third-order valence-corrected chi connectivity index (χ3v) is 2.66. The molecule has 1 aliphatic heterocycles. The molecule has 0 saturated carbocycles. The zero-order chi connectivity index (χ0) is 9.68. The van der Waals surface area contributed by atoms with Crippen LogP contribution in [0.1, 0.15) is 39.5 Å². The molecule has 1 heterocycles. The van der Waals surface area contributed by atoms with E-state index in [0.29, 0.717) is 6.17 Å². The van der Waals surface area contributed by atoms with Crippen LogP contribution in [0.5, 0.6) is 0 Å². The molecule has 1 atom stereocenters. The summed E-state index contributed by atoms with van der Waals surface area (Å²) in [6.07, 6.45) is 10.2. The Labute approximate surface area is 82.2 Å². The highest BCUT2D eigenvalue weighted by molar-refractivity contribution is 4.95. The first-order valence-electron chi connectivity index (χ1n) is 5.45. The number of rotatable bonds is 5. The topological polar surface area (TPSA) is 6.48 Å². The van der Waals surface area contributed by atoms with E-state index < -0.39 is 0 Å². The van der Waals surface area contributed by atoms with Gasteiger partial charge in [0.1, 0.15) is 6.17 Å². The van der Waals surface area contributed by atoms with Gasteiger partial charge in [-0.2, -0.15) is 0 Å². The molecule has 2 nitrogen and oxygen atoms in total. The smallest absolute Gasteiger partial charge is 0.100 e. The summed E-state index contributed by atoms with van der Waals surface area (Å²) in [7, 11) is 2.17. The maximum atomic E-state index is 2.47. The largest absolute Gasteiger partial charge is 0.359 e. The van der Waals surface area contributed by atoms with Crippen LogP contribution in [0.15, 0.2) is 12.4 Å². The summed E-state index contributed by atoms with van der Waals surface area (Å²) in [5.41, 5.74) is 0. The van der Waals surface area contributed by atoms with Crippen LogP contribution in [0, 0.1) is 0 Å². The average molecular weight is 182 g/mol. The van der Waals surface area contributed by atoms with E-state index in [1.165, 1.54) is 32.2 Å². The Balaban J connectivity index is 2.38. The fraction of sp³-hybridized carbons (Fsp3) is 0.818. The Kier molecular flexibility index (Phi) is 4.13. The highest BCUT2D eigenvalue weighted by atomic mass is 15.4. The Morgan fingerprint density at radius 3 is 2.54 bits per heavy atom. The van der Waals surface area contributed by atoms with E-state index in [4.69, 9.17) is 0 Å². The van der Waals surface area contributed by atoms with Crippen molar-refractivity contribution in [2.24, 2.45) is 0 Å². The van der Waals surface area contributed by atoms with Crippen molar-refractivity contribution in [2.75, 3.05) is 13.6 Å². The van der Waals surface area contributed by atoms with E-state index in [0.717, 1.165) is 0 Å². The Hall–Kier alpha value is -0.660. The van der Waals surface area contributed by atoms with Crippen molar-refractivity contribution in [3.05, 3.63) is 12.4 Å². The molecule has 13 heavy (non-hydrogen) atoms. The van der Waals surface area contributed by atoms with Crippen molar-refractivity contribution in [3.8, 4) is 0 Å². The van der Waals surface area contributed by atoms with Crippen LogP contribution in [-0.2, 0) is 0 Å². The molecule has 0 N–H and O–H groups in total. The predicted molar refractivity (Wildman–Crippen MR) is 57.2 cm³/mol. The van der Waals surface area contributed by atoms with E-state index in [1.807, 2.05) is 0 Å². The van der Waals surface area contributed by atoms with Gasteiger partial charge in [0, 0.05) is 26.0 Å². The minimum Gasteiger partial charge on any atom is -0.359 e. The molecule has 0 aromatic carbocycles. The van der Waals surface area contributed by atoms with Gasteiger partial charge in [0.25, 0.3) is 0 Å². The summed E-state index contributed by atoms with van der Waals surface area (Å²) in [5, 5.41) is 0. The van der Waals surface area contributed by atoms with Crippen LogP contribution in [0.3, 0.4) is 0 Å². The maximum absolute atomic E-state index is 2.47. The highest BCUT2D eigenvalue weighted by Gasteiger charge is 2.21. The summed E-state index contributed by atoms with van der Waals surface area (Å²) in [5.74, 6) is 0. The van der Waals surface area contributed by atoms with E-state index in [1.54, 1.807) is 0 Å². The van der Waals surface area contributed by atoms with E-state index in [9.17, 15) is 0 Å². The van der Waals surface area contributed by atoms with Crippen molar-refractivity contribution in [1.82, 2.24) is 9.80 Å². The van der Waals surface area contributed by atoms with Gasteiger partial charge in [0.15, 0.2) is 0 Å². The fourth-order valence-electron chi connectivity index (χ4n) is 1.82. The van der Waals surface area contributed by atoms with Crippen molar-refractivity contribution in [1.29, 1.82) is 0 Å². The minimum absolute atomic E-state index is 0.622. The standard InChI is InChI=1S/C11H22N2/c1-4-6-8-13-10-9-12(3)11(13)7-5-2/h9-11H,4-8H2,1-3H3. The SMILES string of the molecule is CCCCN1C=CN(C)C1CCC. The molecular formula is C11H22N2. The molecule has 1 aliphatic rings. The van der Waals surface area contributed by atoms with Gasteiger partial charge in [0.2, 0.25) is 0 Å². The second-order valence-electron chi connectivity index (χ2n) is 3.82. The lowest BCUT2D eigenvalue weighted by Crippen LogP contribution is -2.36. The first kappa shape index (κ1) is 10.4. The van der Waals surface area contributed by atoms with Crippen LogP contribution in [0.2, 0.25) is 0 Å². The Morgan fingerprint density at radius 1 is 1.15 bits per heavy atom. The van der Waals surface area contributed by atoms with Gasteiger partial charge in [-0.1, -0.05) is 26.7 Å². The quantitative estimate of drug-likeness (QED) is 0.645. The van der Waals surface area contributed by atoms with Crippen molar-refractivity contribution < 1.29 is 0 Å². The molecule has 1 unspecified atom stereocenters. The highest BCUT2D eigenvalue weighted by Crippen LogP contribution is 2.18. The molecule has 0 spiro atoms. The predicted octanol–water partition coefficient (Wildman–Crippen LogP) is 2.63. The number of unbranched alkanes of at least 4 members (excludes halogenated alkanes) is 1. The second-order valence-corrected chi connectivity index (χ2v) is 3.82. The van der Waals surface area contributed by atoms with Gasteiger partial charge in [-0.3, -0.25) is 0 Å². The third-order valence-electron chi connectivity index (χ3n) is 2.66. The molecule has 0 amide bonds. The summed E-state index contributed by atoms with van der Waals surface area (Å²) in [6.45, 7) is 5.71. The average Bonchev–Trinajstić information content (AvgIpc) is 2.46. The van der Waals surface area contributed by atoms with Crippen molar-refractivity contribution >= 4 is 0 Å². The Bertz CT molecular complexity index is 165. The summed E-state index contributed by atoms with van der Waals surface area (Å²) < 4.78 is 0. The molecule has 0 aliphatic carbocycles. The van der Waals surface area contributed by atoms with Gasteiger partial charge < -0.3 is 9.80 Å². The lowest BCUT2D eigenvalue weighted by Gasteiger charge is -2.30. The second kappa shape index (κ2) is 5.15. The molecule has 0 aromatic heterocycles. The Morgan fingerprint density at radius 2 is 1.92 bits per heavy atom. The molecule has 0 fully saturated rings. The summed E-state index contributed by atoms with van der Waals surface area (Å²) in [4.78, 5) is 4.78. The van der Waals surface area contributed by atoms with Crippen LogP contribution in [-0.4, -0.2) is 29.6 Å². The molecule has 0 bridgehead atoms.